The smallest absolute Gasteiger partial charge is 0.402 e. The first-order valence-electron chi connectivity index (χ1n) is 11.6. The van der Waals surface area contributed by atoms with Gasteiger partial charge in [-0.1, -0.05) is 0 Å². The van der Waals surface area contributed by atoms with Gasteiger partial charge in [-0.25, -0.2) is 4.98 Å². The van der Waals surface area contributed by atoms with Crippen LogP contribution in [-0.4, -0.2) is 57.9 Å². The third-order valence-corrected chi connectivity index (χ3v) is 7.21. The normalized spacial score (nSPS) is 30.0. The lowest BCUT2D eigenvalue weighted by Crippen LogP contribution is -2.46. The van der Waals surface area contributed by atoms with Crippen LogP contribution in [0.5, 0.6) is 5.75 Å². The van der Waals surface area contributed by atoms with E-state index in [1.165, 1.54) is 25.1 Å². The number of ether oxygens (including phenoxy) is 2. The van der Waals surface area contributed by atoms with Crippen LogP contribution in [0.1, 0.15) is 51.3 Å². The van der Waals surface area contributed by atoms with Crippen LogP contribution in [0, 0.1) is 11.8 Å². The van der Waals surface area contributed by atoms with Crippen LogP contribution >= 0.6 is 0 Å². The highest BCUT2D eigenvalue weighted by atomic mass is 19.4. The molecule has 1 aliphatic heterocycles. The Kier molecular flexibility index (Phi) is 5.55. The molecule has 1 saturated heterocycles. The summed E-state index contributed by atoms with van der Waals surface area (Å²) >= 11 is 0. The number of hydrogen-bond acceptors (Lipinski definition) is 6. The van der Waals surface area contributed by atoms with E-state index in [0.29, 0.717) is 35.1 Å². The Morgan fingerprint density at radius 1 is 1.21 bits per heavy atom. The van der Waals surface area contributed by atoms with Crippen molar-refractivity contribution in [1.82, 2.24) is 19.7 Å². The van der Waals surface area contributed by atoms with Crippen molar-refractivity contribution in [3.05, 3.63) is 24.0 Å². The van der Waals surface area contributed by atoms with Crippen molar-refractivity contribution >= 4 is 5.82 Å². The topological polar surface area (TPSA) is 78.4 Å². The minimum absolute atomic E-state index is 0.138. The number of nitrogens with two attached hydrogens (primary N) is 1. The Morgan fingerprint density at radius 2 is 1.94 bits per heavy atom. The predicted molar refractivity (Wildman–Crippen MR) is 117 cm³/mol. The molecule has 10 heteroatoms. The third-order valence-electron chi connectivity index (χ3n) is 7.21. The highest BCUT2D eigenvalue weighted by Crippen LogP contribution is 2.64. The number of pyridine rings is 1. The Hall–Kier alpha value is -2.33. The van der Waals surface area contributed by atoms with Crippen LogP contribution in [0.2, 0.25) is 0 Å². The van der Waals surface area contributed by atoms with E-state index in [1.54, 1.807) is 0 Å². The highest BCUT2D eigenvalue weighted by Gasteiger charge is 2.58. The molecule has 0 unspecified atom stereocenters. The maximum Gasteiger partial charge on any atom is 0.573 e. The second kappa shape index (κ2) is 8.16. The predicted octanol–water partition coefficient (Wildman–Crippen LogP) is 4.22. The summed E-state index contributed by atoms with van der Waals surface area (Å²) in [4.78, 5) is 6.47. The Balaban J connectivity index is 1.35. The van der Waals surface area contributed by atoms with Gasteiger partial charge < -0.3 is 15.2 Å². The molecule has 180 valence electrons. The minimum atomic E-state index is -4.84. The van der Waals surface area contributed by atoms with Gasteiger partial charge in [0.15, 0.2) is 11.6 Å². The number of nitrogen functional groups attached to an aromatic ring is 1. The summed E-state index contributed by atoms with van der Waals surface area (Å²) in [7, 11) is 0. The lowest BCUT2D eigenvalue weighted by Gasteiger charge is -2.36. The Bertz CT molecular complexity index is 1010. The molecule has 7 nitrogen and oxygen atoms in total. The van der Waals surface area contributed by atoms with Crippen LogP contribution in [0.25, 0.3) is 11.3 Å². The van der Waals surface area contributed by atoms with Crippen molar-refractivity contribution in [2.45, 2.75) is 64.1 Å². The Morgan fingerprint density at radius 3 is 2.58 bits per heavy atom. The molecular formula is C23H30F3N5O2. The van der Waals surface area contributed by atoms with Crippen LogP contribution in [0.15, 0.2) is 18.3 Å². The maximum atomic E-state index is 12.7. The number of hydrogen-bond donors (Lipinski definition) is 1. The number of anilines is 1. The van der Waals surface area contributed by atoms with Crippen molar-refractivity contribution < 1.29 is 22.6 Å². The first kappa shape index (κ1) is 22.5. The van der Waals surface area contributed by atoms with E-state index in [-0.39, 0.29) is 18.0 Å². The second-order valence-electron chi connectivity index (χ2n) is 9.80. The first-order valence-corrected chi connectivity index (χ1v) is 11.6. The molecule has 2 aliphatic carbocycles. The van der Waals surface area contributed by atoms with Gasteiger partial charge in [0.25, 0.3) is 0 Å². The van der Waals surface area contributed by atoms with Gasteiger partial charge in [-0.2, -0.15) is 5.10 Å². The first-order chi connectivity index (χ1) is 15.6. The van der Waals surface area contributed by atoms with E-state index in [2.05, 4.69) is 35.4 Å². The number of aromatic nitrogens is 3. The number of nitrogens with zero attached hydrogens (tertiary/aromatic N) is 4. The van der Waals surface area contributed by atoms with Crippen molar-refractivity contribution in [2.24, 2.45) is 11.8 Å². The summed E-state index contributed by atoms with van der Waals surface area (Å²) in [5, 5.41) is 4.73. The summed E-state index contributed by atoms with van der Waals surface area (Å²) in [6.07, 6.45) is -0.756. The van der Waals surface area contributed by atoms with Crippen molar-refractivity contribution in [3.8, 4) is 17.0 Å². The van der Waals surface area contributed by atoms with Gasteiger partial charge in [-0.3, -0.25) is 9.58 Å². The standard InChI is InChI=1S/C23H30F3N5O2/c1-12(2)31-19(21-16-7-15(8-17(16)21)30-4-5-32-13(3)11-30)9-18(29-31)14-6-20(22(27)28-10-14)33-23(24,25)26/h6,9-10,12-13,15-17,21H,4-5,7-8,11H2,1-3H3,(H2,27,28)/t13-,15-,16-,17+,21+/m0/s1. The molecule has 3 heterocycles. The zero-order valence-corrected chi connectivity index (χ0v) is 19.0. The number of fused-ring (bicyclic) bond motifs is 1. The summed E-state index contributed by atoms with van der Waals surface area (Å²) in [5.74, 6) is 0.884. The van der Waals surface area contributed by atoms with Crippen LogP contribution in [0.4, 0.5) is 19.0 Å². The van der Waals surface area contributed by atoms with Crippen molar-refractivity contribution in [2.75, 3.05) is 25.4 Å². The van der Waals surface area contributed by atoms with Gasteiger partial charge in [0.05, 0.1) is 18.4 Å². The molecule has 2 aromatic heterocycles. The van der Waals surface area contributed by atoms with Crippen LogP contribution in [0.3, 0.4) is 0 Å². The summed E-state index contributed by atoms with van der Waals surface area (Å²) < 4.78 is 49.9. The largest absolute Gasteiger partial charge is 0.573 e. The fourth-order valence-corrected chi connectivity index (χ4v) is 5.74. The zero-order valence-electron chi connectivity index (χ0n) is 19.0. The number of rotatable bonds is 5. The average Bonchev–Trinajstić information content (AvgIpc) is 3.09. The molecule has 2 N–H and O–H groups in total. The van der Waals surface area contributed by atoms with Gasteiger partial charge in [0.2, 0.25) is 0 Å². The van der Waals surface area contributed by atoms with Crippen molar-refractivity contribution in [1.29, 1.82) is 0 Å². The highest BCUT2D eigenvalue weighted by molar-refractivity contribution is 5.64. The fourth-order valence-electron chi connectivity index (χ4n) is 5.74. The summed E-state index contributed by atoms with van der Waals surface area (Å²) in [6.45, 7) is 9.06. The molecule has 0 radical (unpaired) electrons. The van der Waals surface area contributed by atoms with Gasteiger partial charge in [0, 0.05) is 48.5 Å². The van der Waals surface area contributed by atoms with Gasteiger partial charge in [-0.15, -0.1) is 13.2 Å². The molecule has 3 aliphatic rings. The Labute approximate surface area is 191 Å². The molecule has 0 amide bonds. The number of alkyl halides is 3. The second-order valence-corrected chi connectivity index (χ2v) is 9.80. The average molecular weight is 466 g/mol. The SMILES string of the molecule is CC(C)n1nc(-c2cnc(N)c(OC(F)(F)F)c2)cc1[C@H]1[C@@H]2C[C@@H](N3CCO[C@@H](C)C3)C[C@@H]21. The molecule has 2 aromatic rings. The fraction of sp³-hybridized carbons (Fsp3) is 0.652. The number of halogens is 3. The van der Waals surface area contributed by atoms with Crippen LogP contribution in [-0.2, 0) is 4.74 Å². The van der Waals surface area contributed by atoms with E-state index in [9.17, 15) is 13.2 Å². The van der Waals surface area contributed by atoms with E-state index >= 15 is 0 Å². The monoisotopic (exact) mass is 465 g/mol. The summed E-state index contributed by atoms with van der Waals surface area (Å²) in [6, 6.07) is 4.01. The molecule has 0 aromatic carbocycles. The van der Waals surface area contributed by atoms with Gasteiger partial charge in [-0.05, 0) is 57.6 Å². The minimum Gasteiger partial charge on any atom is -0.402 e. The molecule has 3 fully saturated rings. The maximum absolute atomic E-state index is 12.7. The molecule has 0 bridgehead atoms. The summed E-state index contributed by atoms with van der Waals surface area (Å²) in [5.41, 5.74) is 7.78. The lowest BCUT2D eigenvalue weighted by atomic mass is 10.0. The van der Waals surface area contributed by atoms with E-state index < -0.39 is 12.1 Å². The lowest BCUT2D eigenvalue weighted by molar-refractivity contribution is -0.274. The van der Waals surface area contributed by atoms with E-state index in [4.69, 9.17) is 15.6 Å². The van der Waals surface area contributed by atoms with Gasteiger partial charge in [0.1, 0.15) is 0 Å². The van der Waals surface area contributed by atoms with Gasteiger partial charge >= 0.3 is 6.36 Å². The van der Waals surface area contributed by atoms with Crippen molar-refractivity contribution in [3.63, 3.8) is 0 Å². The molecule has 5 atom stereocenters. The molecular weight excluding hydrogens is 435 g/mol. The van der Waals surface area contributed by atoms with E-state index in [1.807, 2.05) is 10.7 Å². The third kappa shape index (κ3) is 4.42. The van der Waals surface area contributed by atoms with Crippen LogP contribution < -0.4 is 10.5 Å². The zero-order chi connectivity index (χ0) is 23.5. The van der Waals surface area contributed by atoms with E-state index in [0.717, 1.165) is 25.4 Å². The molecule has 0 spiro atoms. The quantitative estimate of drug-likeness (QED) is 0.713. The molecule has 33 heavy (non-hydrogen) atoms. The number of morpholine rings is 1. The molecule has 5 rings (SSSR count). The molecule has 2 saturated carbocycles.